The van der Waals surface area contributed by atoms with Crippen molar-refractivity contribution in [1.82, 2.24) is 0 Å². The van der Waals surface area contributed by atoms with E-state index in [9.17, 15) is 10.2 Å². The van der Waals surface area contributed by atoms with Gasteiger partial charge in [0.25, 0.3) is 0 Å². The number of aromatic hydroxyl groups is 2. The fourth-order valence-electron chi connectivity index (χ4n) is 3.52. The van der Waals surface area contributed by atoms with Crippen LogP contribution in [0.4, 0.5) is 5.69 Å². The Morgan fingerprint density at radius 3 is 2.13 bits per heavy atom. The summed E-state index contributed by atoms with van der Waals surface area (Å²) in [5, 5.41) is 24.9. The maximum atomic E-state index is 11.0. The molecule has 0 atom stereocenters. The van der Waals surface area contributed by atoms with Gasteiger partial charge in [0.15, 0.2) is 0 Å². The van der Waals surface area contributed by atoms with Crippen molar-refractivity contribution in [3.8, 4) is 22.6 Å². The van der Waals surface area contributed by atoms with E-state index in [2.05, 4.69) is 50.5 Å². The Hall–Kier alpha value is -3.46. The molecule has 0 aliphatic heterocycles. The Morgan fingerprint density at radius 1 is 0.767 bits per heavy atom. The van der Waals surface area contributed by atoms with Crippen molar-refractivity contribution in [2.45, 2.75) is 33.2 Å². The number of anilines is 1. The van der Waals surface area contributed by atoms with Crippen LogP contribution in [0.2, 0.25) is 0 Å². The molecule has 0 fully saturated rings. The summed E-state index contributed by atoms with van der Waals surface area (Å²) < 4.78 is 0. The third-order valence-electron chi connectivity index (χ3n) is 5.34. The fraction of sp³-hybridized carbons (Fsp3) is 0.185. The molecule has 3 heteroatoms. The Balaban J connectivity index is 2.01. The number of rotatable bonds is 8. The number of hydrogen-bond acceptors (Lipinski definition) is 3. The van der Waals surface area contributed by atoms with Gasteiger partial charge >= 0.3 is 0 Å². The maximum absolute atomic E-state index is 11.0. The molecule has 3 aromatic rings. The van der Waals surface area contributed by atoms with Crippen molar-refractivity contribution < 1.29 is 10.2 Å². The van der Waals surface area contributed by atoms with Crippen molar-refractivity contribution in [2.75, 3.05) is 5.32 Å². The summed E-state index contributed by atoms with van der Waals surface area (Å²) in [6, 6.07) is 15.6. The zero-order valence-corrected chi connectivity index (χ0v) is 17.7. The Morgan fingerprint density at radius 2 is 1.43 bits per heavy atom. The first-order chi connectivity index (χ1) is 14.4. The molecule has 0 saturated heterocycles. The third-order valence-corrected chi connectivity index (χ3v) is 5.34. The Bertz CT molecular complexity index is 1080. The Kier molecular flexibility index (Phi) is 6.63. The minimum Gasteiger partial charge on any atom is -0.507 e. The quantitative estimate of drug-likeness (QED) is 0.301. The van der Waals surface area contributed by atoms with Crippen LogP contribution in [0.3, 0.4) is 0 Å². The van der Waals surface area contributed by atoms with Crippen LogP contribution < -0.4 is 5.32 Å². The number of phenolic OH excluding ortho intramolecular Hbond substituents is 2. The SMILES string of the molecule is C=CCc1ccc(O)c(-c2cc(CC=C)cc(NCc3ccc(C)c(C)c3)c2O)c1. The second kappa shape index (κ2) is 9.36. The number of benzene rings is 3. The van der Waals surface area contributed by atoms with Crippen LogP contribution in [-0.2, 0) is 19.4 Å². The molecule has 154 valence electrons. The van der Waals surface area contributed by atoms with Crippen molar-refractivity contribution in [1.29, 1.82) is 0 Å². The van der Waals surface area contributed by atoms with Gasteiger partial charge in [0.05, 0.1) is 5.69 Å². The number of hydrogen-bond donors (Lipinski definition) is 3. The predicted molar refractivity (Wildman–Crippen MR) is 126 cm³/mol. The highest BCUT2D eigenvalue weighted by Crippen LogP contribution is 2.41. The van der Waals surface area contributed by atoms with Crippen molar-refractivity contribution in [3.63, 3.8) is 0 Å². The molecule has 3 N–H and O–H groups in total. The van der Waals surface area contributed by atoms with Gasteiger partial charge in [-0.05, 0) is 78.8 Å². The van der Waals surface area contributed by atoms with E-state index in [-0.39, 0.29) is 11.5 Å². The molecular formula is C27H29NO2. The molecule has 0 aromatic heterocycles. The largest absolute Gasteiger partial charge is 0.507 e. The second-order valence-corrected chi connectivity index (χ2v) is 7.65. The van der Waals surface area contributed by atoms with Gasteiger partial charge in [-0.2, -0.15) is 0 Å². The van der Waals surface area contributed by atoms with Gasteiger partial charge in [-0.15, -0.1) is 13.2 Å². The first kappa shape index (κ1) is 21.3. The number of phenols is 2. The summed E-state index contributed by atoms with van der Waals surface area (Å²) >= 11 is 0. The van der Waals surface area contributed by atoms with Gasteiger partial charge in [0.2, 0.25) is 0 Å². The van der Waals surface area contributed by atoms with Gasteiger partial charge in [-0.3, -0.25) is 0 Å². The van der Waals surface area contributed by atoms with E-state index in [0.717, 1.165) is 16.7 Å². The van der Waals surface area contributed by atoms with E-state index in [1.807, 2.05) is 36.4 Å². The van der Waals surface area contributed by atoms with Crippen LogP contribution in [0.1, 0.15) is 27.8 Å². The highest BCUT2D eigenvalue weighted by Gasteiger charge is 2.15. The summed E-state index contributed by atoms with van der Waals surface area (Å²) in [7, 11) is 0. The molecule has 0 radical (unpaired) electrons. The van der Waals surface area contributed by atoms with E-state index in [0.29, 0.717) is 36.2 Å². The van der Waals surface area contributed by atoms with Crippen molar-refractivity contribution >= 4 is 5.69 Å². The molecule has 3 nitrogen and oxygen atoms in total. The molecule has 0 aliphatic carbocycles. The van der Waals surface area contributed by atoms with Crippen LogP contribution >= 0.6 is 0 Å². The average Bonchev–Trinajstić information content (AvgIpc) is 2.72. The number of nitrogens with one attached hydrogen (secondary N) is 1. The molecule has 3 rings (SSSR count). The van der Waals surface area contributed by atoms with Gasteiger partial charge < -0.3 is 15.5 Å². The summed E-state index contributed by atoms with van der Waals surface area (Å²) in [6.45, 7) is 12.4. The van der Waals surface area contributed by atoms with Crippen molar-refractivity contribution in [2.24, 2.45) is 0 Å². The topological polar surface area (TPSA) is 52.5 Å². The molecule has 0 heterocycles. The molecule has 0 saturated carbocycles. The summed E-state index contributed by atoms with van der Waals surface area (Å²) in [6.07, 6.45) is 5.01. The van der Waals surface area contributed by atoms with Crippen LogP contribution in [0.25, 0.3) is 11.1 Å². The molecule has 0 aliphatic rings. The smallest absolute Gasteiger partial charge is 0.146 e. The van der Waals surface area contributed by atoms with E-state index >= 15 is 0 Å². The van der Waals surface area contributed by atoms with Gasteiger partial charge in [0.1, 0.15) is 11.5 Å². The lowest BCUT2D eigenvalue weighted by Gasteiger charge is -2.16. The van der Waals surface area contributed by atoms with Crippen LogP contribution in [0.15, 0.2) is 73.8 Å². The standard InChI is InChI=1S/C27H29NO2/c1-5-7-20-11-12-26(29)23(14-20)24-15-21(8-6-2)16-25(27(24)30)28-17-22-10-9-18(3)19(4)13-22/h5-6,9-16,28-30H,1-2,7-8,17H2,3-4H3. The van der Waals surface area contributed by atoms with E-state index in [4.69, 9.17) is 0 Å². The van der Waals surface area contributed by atoms with E-state index < -0.39 is 0 Å². The summed E-state index contributed by atoms with van der Waals surface area (Å²) in [4.78, 5) is 0. The molecule has 0 bridgehead atoms. The maximum Gasteiger partial charge on any atom is 0.146 e. The van der Waals surface area contributed by atoms with E-state index in [1.54, 1.807) is 6.07 Å². The first-order valence-electron chi connectivity index (χ1n) is 10.1. The highest BCUT2D eigenvalue weighted by atomic mass is 16.3. The number of aryl methyl sites for hydroxylation is 2. The lowest BCUT2D eigenvalue weighted by molar-refractivity contribution is 0.470. The molecule has 3 aromatic carbocycles. The normalized spacial score (nSPS) is 10.6. The Labute approximate surface area is 179 Å². The number of allylic oxidation sites excluding steroid dienone is 2. The van der Waals surface area contributed by atoms with Crippen molar-refractivity contribution in [3.05, 3.63) is 102 Å². The first-order valence-corrected chi connectivity index (χ1v) is 10.1. The zero-order chi connectivity index (χ0) is 21.7. The molecule has 0 spiro atoms. The highest BCUT2D eigenvalue weighted by molar-refractivity contribution is 5.82. The van der Waals surface area contributed by atoms with Gasteiger partial charge in [-0.1, -0.05) is 36.4 Å². The third kappa shape index (κ3) is 4.74. The van der Waals surface area contributed by atoms with E-state index in [1.165, 1.54) is 11.1 Å². The van der Waals surface area contributed by atoms with Crippen LogP contribution in [0.5, 0.6) is 11.5 Å². The van der Waals surface area contributed by atoms with Gasteiger partial charge in [0, 0.05) is 17.7 Å². The predicted octanol–water partition coefficient (Wildman–Crippen LogP) is 6.45. The summed E-state index contributed by atoms with van der Waals surface area (Å²) in [5.74, 6) is 0.256. The van der Waals surface area contributed by atoms with Gasteiger partial charge in [-0.25, -0.2) is 0 Å². The zero-order valence-electron chi connectivity index (χ0n) is 17.7. The molecule has 30 heavy (non-hydrogen) atoms. The lowest BCUT2D eigenvalue weighted by atomic mass is 9.96. The second-order valence-electron chi connectivity index (χ2n) is 7.65. The lowest BCUT2D eigenvalue weighted by Crippen LogP contribution is -2.02. The minimum atomic E-state index is 0.123. The monoisotopic (exact) mass is 399 g/mol. The average molecular weight is 400 g/mol. The fourth-order valence-corrected chi connectivity index (χ4v) is 3.52. The molecular weight excluding hydrogens is 370 g/mol. The van der Waals surface area contributed by atoms with Crippen LogP contribution in [-0.4, -0.2) is 10.2 Å². The minimum absolute atomic E-state index is 0.123. The summed E-state index contributed by atoms with van der Waals surface area (Å²) in [5.41, 5.74) is 7.51. The molecule has 0 amide bonds. The molecule has 0 unspecified atom stereocenters. The van der Waals surface area contributed by atoms with Crippen LogP contribution in [0, 0.1) is 13.8 Å².